The molecule has 0 aromatic heterocycles. The number of benzene rings is 2. The summed E-state index contributed by atoms with van der Waals surface area (Å²) in [5.41, 5.74) is 9.24. The SMILES string of the molecule is CCOC(=O)/C=N/c1cccc(-c2ccccc2N)c1. The highest BCUT2D eigenvalue weighted by atomic mass is 16.5. The Kier molecular flexibility index (Phi) is 4.50. The molecule has 0 aliphatic carbocycles. The van der Waals surface area contributed by atoms with Crippen LogP contribution in [0.2, 0.25) is 0 Å². The first-order valence-corrected chi connectivity index (χ1v) is 6.36. The number of esters is 1. The van der Waals surface area contributed by atoms with E-state index < -0.39 is 5.97 Å². The molecule has 4 heteroatoms. The van der Waals surface area contributed by atoms with Crippen LogP contribution in [0.1, 0.15) is 6.92 Å². The maximum Gasteiger partial charge on any atom is 0.349 e. The van der Waals surface area contributed by atoms with Crippen LogP contribution in [0.25, 0.3) is 11.1 Å². The lowest BCUT2D eigenvalue weighted by Crippen LogP contribution is -2.04. The van der Waals surface area contributed by atoms with Crippen LogP contribution in [-0.2, 0) is 9.53 Å². The number of carbonyl (C=O) groups excluding carboxylic acids is 1. The third kappa shape index (κ3) is 3.45. The Morgan fingerprint density at radius 1 is 1.25 bits per heavy atom. The van der Waals surface area contributed by atoms with Crippen molar-refractivity contribution in [1.82, 2.24) is 0 Å². The summed E-state index contributed by atoms with van der Waals surface area (Å²) in [6.45, 7) is 2.09. The number of hydrogen-bond acceptors (Lipinski definition) is 4. The predicted molar refractivity (Wildman–Crippen MR) is 81.1 cm³/mol. The zero-order valence-electron chi connectivity index (χ0n) is 11.2. The molecular weight excluding hydrogens is 252 g/mol. The monoisotopic (exact) mass is 268 g/mol. The van der Waals surface area contributed by atoms with Crippen LogP contribution in [0.4, 0.5) is 11.4 Å². The van der Waals surface area contributed by atoms with Crippen molar-refractivity contribution in [3.05, 3.63) is 48.5 Å². The molecule has 0 unspecified atom stereocenters. The number of carbonyl (C=O) groups is 1. The van der Waals surface area contributed by atoms with Crippen molar-refractivity contribution >= 4 is 23.6 Å². The fourth-order valence-electron chi connectivity index (χ4n) is 1.82. The van der Waals surface area contributed by atoms with E-state index in [9.17, 15) is 4.79 Å². The Bertz CT molecular complexity index is 636. The molecule has 4 nitrogen and oxygen atoms in total. The van der Waals surface area contributed by atoms with Crippen LogP contribution in [0.5, 0.6) is 0 Å². The first kappa shape index (κ1) is 13.8. The molecule has 0 aliphatic heterocycles. The van der Waals surface area contributed by atoms with E-state index in [1.807, 2.05) is 48.5 Å². The average Bonchev–Trinajstić information content (AvgIpc) is 2.46. The molecule has 0 heterocycles. The highest BCUT2D eigenvalue weighted by Crippen LogP contribution is 2.28. The molecule has 20 heavy (non-hydrogen) atoms. The highest BCUT2D eigenvalue weighted by molar-refractivity contribution is 6.23. The minimum Gasteiger partial charge on any atom is -0.462 e. The van der Waals surface area contributed by atoms with Gasteiger partial charge in [-0.3, -0.25) is 0 Å². The van der Waals surface area contributed by atoms with Gasteiger partial charge in [-0.1, -0.05) is 30.3 Å². The van der Waals surface area contributed by atoms with E-state index in [-0.39, 0.29) is 0 Å². The third-order valence-corrected chi connectivity index (χ3v) is 2.72. The first-order valence-electron chi connectivity index (χ1n) is 6.36. The molecule has 2 N–H and O–H groups in total. The van der Waals surface area contributed by atoms with E-state index in [0.717, 1.165) is 11.1 Å². The Morgan fingerprint density at radius 2 is 2.05 bits per heavy atom. The minimum atomic E-state index is -0.447. The molecule has 0 aliphatic rings. The molecule has 0 radical (unpaired) electrons. The number of rotatable bonds is 4. The highest BCUT2D eigenvalue weighted by Gasteiger charge is 2.02. The Balaban J connectivity index is 2.25. The molecule has 2 aromatic carbocycles. The standard InChI is InChI=1S/C16H16N2O2/c1-2-20-16(19)11-18-13-7-5-6-12(10-13)14-8-3-4-9-15(14)17/h3-11H,2,17H2,1H3/b18-11+. The van der Waals surface area contributed by atoms with Crippen molar-refractivity contribution in [3.8, 4) is 11.1 Å². The van der Waals surface area contributed by atoms with Crippen LogP contribution in [0.3, 0.4) is 0 Å². The molecule has 2 aromatic rings. The van der Waals surface area contributed by atoms with E-state index in [2.05, 4.69) is 4.99 Å². The fraction of sp³-hybridized carbons (Fsp3) is 0.125. The van der Waals surface area contributed by atoms with Gasteiger partial charge in [-0.05, 0) is 30.7 Å². The largest absolute Gasteiger partial charge is 0.462 e. The van der Waals surface area contributed by atoms with Gasteiger partial charge >= 0.3 is 5.97 Å². The van der Waals surface area contributed by atoms with E-state index >= 15 is 0 Å². The number of ether oxygens (including phenoxy) is 1. The van der Waals surface area contributed by atoms with Crippen LogP contribution in [0.15, 0.2) is 53.5 Å². The summed E-state index contributed by atoms with van der Waals surface area (Å²) in [5, 5.41) is 0. The van der Waals surface area contributed by atoms with Gasteiger partial charge in [0, 0.05) is 11.3 Å². The number of anilines is 1. The molecule has 0 amide bonds. The Morgan fingerprint density at radius 3 is 2.80 bits per heavy atom. The average molecular weight is 268 g/mol. The van der Waals surface area contributed by atoms with Gasteiger partial charge in [0.25, 0.3) is 0 Å². The lowest BCUT2D eigenvalue weighted by molar-refractivity contribution is -0.134. The van der Waals surface area contributed by atoms with Gasteiger partial charge in [-0.2, -0.15) is 0 Å². The summed E-state index contributed by atoms with van der Waals surface area (Å²) in [5.74, 6) is -0.447. The minimum absolute atomic E-state index is 0.339. The fourth-order valence-corrected chi connectivity index (χ4v) is 1.82. The molecule has 2 rings (SSSR count). The van der Waals surface area contributed by atoms with Gasteiger partial charge in [0.2, 0.25) is 0 Å². The molecule has 0 spiro atoms. The summed E-state index contributed by atoms with van der Waals surface area (Å²) in [6, 6.07) is 15.1. The van der Waals surface area contributed by atoms with Crippen molar-refractivity contribution < 1.29 is 9.53 Å². The van der Waals surface area contributed by atoms with Gasteiger partial charge in [0.05, 0.1) is 12.3 Å². The third-order valence-electron chi connectivity index (χ3n) is 2.72. The first-order chi connectivity index (χ1) is 9.70. The predicted octanol–water partition coefficient (Wildman–Crippen LogP) is 3.20. The van der Waals surface area contributed by atoms with Crippen LogP contribution >= 0.6 is 0 Å². The van der Waals surface area contributed by atoms with E-state index in [4.69, 9.17) is 10.5 Å². The number of nitrogens with two attached hydrogens (primary N) is 1. The van der Waals surface area contributed by atoms with Gasteiger partial charge in [0.1, 0.15) is 6.21 Å². The second kappa shape index (κ2) is 6.52. The Labute approximate surface area is 117 Å². The molecule has 0 bridgehead atoms. The smallest absolute Gasteiger partial charge is 0.349 e. The molecule has 102 valence electrons. The number of hydrogen-bond donors (Lipinski definition) is 1. The van der Waals surface area contributed by atoms with Crippen LogP contribution in [-0.4, -0.2) is 18.8 Å². The lowest BCUT2D eigenvalue weighted by Gasteiger charge is -2.06. The van der Waals surface area contributed by atoms with Crippen molar-refractivity contribution in [3.63, 3.8) is 0 Å². The zero-order valence-corrected chi connectivity index (χ0v) is 11.2. The number of nitrogen functional groups attached to an aromatic ring is 1. The second-order valence-electron chi connectivity index (χ2n) is 4.15. The topological polar surface area (TPSA) is 64.7 Å². The number of aliphatic imine (C=N–C) groups is 1. The maximum atomic E-state index is 11.2. The number of nitrogens with zero attached hydrogens (tertiary/aromatic N) is 1. The van der Waals surface area contributed by atoms with Crippen molar-refractivity contribution in [2.45, 2.75) is 6.92 Å². The van der Waals surface area contributed by atoms with Gasteiger partial charge < -0.3 is 10.5 Å². The Hall–Kier alpha value is -2.62. The normalized spacial score (nSPS) is 10.7. The van der Waals surface area contributed by atoms with Crippen molar-refractivity contribution in [1.29, 1.82) is 0 Å². The van der Waals surface area contributed by atoms with Gasteiger partial charge in [-0.15, -0.1) is 0 Å². The van der Waals surface area contributed by atoms with Crippen LogP contribution in [0, 0.1) is 0 Å². The summed E-state index contributed by atoms with van der Waals surface area (Å²) in [7, 11) is 0. The lowest BCUT2D eigenvalue weighted by atomic mass is 10.0. The summed E-state index contributed by atoms with van der Waals surface area (Å²) < 4.78 is 4.79. The summed E-state index contributed by atoms with van der Waals surface area (Å²) in [6.07, 6.45) is 1.18. The van der Waals surface area contributed by atoms with Gasteiger partial charge in [0.15, 0.2) is 0 Å². The zero-order chi connectivity index (χ0) is 14.4. The quantitative estimate of drug-likeness (QED) is 0.526. The van der Waals surface area contributed by atoms with Crippen molar-refractivity contribution in [2.75, 3.05) is 12.3 Å². The molecule has 0 saturated carbocycles. The van der Waals surface area contributed by atoms with Crippen molar-refractivity contribution in [2.24, 2.45) is 4.99 Å². The number of para-hydroxylation sites is 1. The molecular formula is C16H16N2O2. The van der Waals surface area contributed by atoms with Gasteiger partial charge in [-0.25, -0.2) is 9.79 Å². The summed E-state index contributed by atoms with van der Waals surface area (Å²) in [4.78, 5) is 15.3. The maximum absolute atomic E-state index is 11.2. The molecule has 0 fully saturated rings. The van der Waals surface area contributed by atoms with Crippen LogP contribution < -0.4 is 5.73 Å². The van der Waals surface area contributed by atoms with E-state index in [0.29, 0.717) is 18.0 Å². The summed E-state index contributed by atoms with van der Waals surface area (Å²) >= 11 is 0. The molecule has 0 saturated heterocycles. The molecule has 0 atom stereocenters. The van der Waals surface area contributed by atoms with E-state index in [1.54, 1.807) is 6.92 Å². The van der Waals surface area contributed by atoms with E-state index in [1.165, 1.54) is 6.21 Å². The second-order valence-corrected chi connectivity index (χ2v) is 4.15.